The zero-order valence-corrected chi connectivity index (χ0v) is 60.1. The van der Waals surface area contributed by atoms with Gasteiger partial charge in [0.2, 0.25) is 47.7 Å². The number of para-hydroxylation sites is 1. The van der Waals surface area contributed by atoms with E-state index in [2.05, 4.69) is 95.7 Å². The molecule has 3 fully saturated rings. The lowest BCUT2D eigenvalue weighted by Crippen LogP contribution is -2.41. The minimum absolute atomic E-state index is 0.173. The molecule has 0 aliphatic carbocycles. The minimum atomic E-state index is -3.25. The summed E-state index contributed by atoms with van der Waals surface area (Å²) < 4.78 is 136. The van der Waals surface area contributed by atoms with E-state index in [1.807, 2.05) is 70.2 Å². The predicted molar refractivity (Wildman–Crippen MR) is 380 cm³/mol. The van der Waals surface area contributed by atoms with Gasteiger partial charge >= 0.3 is 18.2 Å². The number of aromatic nitrogens is 18. The lowest BCUT2D eigenvalue weighted by molar-refractivity contribution is 0.131. The van der Waals surface area contributed by atoms with Crippen LogP contribution < -0.4 is 30.2 Å². The van der Waals surface area contributed by atoms with Crippen LogP contribution >= 0.6 is 11.6 Å². The van der Waals surface area contributed by atoms with Gasteiger partial charge in [-0.25, -0.2) is 68.1 Å². The normalized spacial score (nSPS) is 16.6. The van der Waals surface area contributed by atoms with Crippen LogP contribution in [-0.2, 0) is 30.1 Å². The van der Waals surface area contributed by atoms with Crippen LogP contribution in [0.3, 0.4) is 0 Å². The van der Waals surface area contributed by atoms with Crippen LogP contribution in [-0.4, -0.2) is 204 Å². The van der Waals surface area contributed by atoms with E-state index >= 15 is 0 Å². The second-order valence-corrected chi connectivity index (χ2v) is 31.5. The van der Waals surface area contributed by atoms with Gasteiger partial charge in [-0.3, -0.25) is 0 Å². The molecule has 0 unspecified atom stereocenters. The Balaban J connectivity index is 0.000000139. The van der Waals surface area contributed by atoms with Crippen molar-refractivity contribution in [3.05, 3.63) is 126 Å². The topological polar surface area (TPSA) is 417 Å². The van der Waals surface area contributed by atoms with E-state index in [4.69, 9.17) is 35.8 Å². The summed E-state index contributed by atoms with van der Waals surface area (Å²) in [6.45, 7) is 9.77. The zero-order valence-electron chi connectivity index (χ0n) is 56.9. The number of hydrogen-bond acceptors (Lipinski definition) is 27. The van der Waals surface area contributed by atoms with Crippen LogP contribution in [0.5, 0.6) is 17.6 Å². The number of aryl methyl sites for hydroxylation is 1. The summed E-state index contributed by atoms with van der Waals surface area (Å²) in [4.78, 5) is 71.2. The van der Waals surface area contributed by atoms with Crippen LogP contribution in [0.1, 0.15) is 100 Å². The fraction of sp³-hybridized carbons (Fsp3) is 0.391. The van der Waals surface area contributed by atoms with Crippen LogP contribution in [0, 0.1) is 25.2 Å². The summed E-state index contributed by atoms with van der Waals surface area (Å²) in [7, 11) is -9.69. The number of nitrogens with zero attached hydrogens (tertiary/aromatic N) is 18. The van der Waals surface area contributed by atoms with Crippen molar-refractivity contribution < 1.29 is 52.6 Å². The van der Waals surface area contributed by atoms with Crippen molar-refractivity contribution in [3.63, 3.8) is 0 Å². The molecule has 3 aromatic carbocycles. The Morgan fingerprint density at radius 2 is 0.779 bits per heavy atom. The number of H-pyrrole nitrogens is 3. The van der Waals surface area contributed by atoms with E-state index in [9.17, 15) is 38.4 Å². The highest BCUT2D eigenvalue weighted by Crippen LogP contribution is 2.36. The number of nitrogens with one attached hydrogen (secondary N) is 6. The molecule has 0 bridgehead atoms. The van der Waals surface area contributed by atoms with E-state index in [0.29, 0.717) is 156 Å². The number of halogens is 4. The van der Waals surface area contributed by atoms with E-state index < -0.39 is 66.4 Å². The molecule has 40 heteroatoms. The smallest absolute Gasteiger partial charge is 0.312 e. The van der Waals surface area contributed by atoms with Crippen LogP contribution in [0.2, 0.25) is 5.02 Å². The van der Waals surface area contributed by atoms with Crippen molar-refractivity contribution >= 4 is 125 Å². The molecule has 3 aliphatic heterocycles. The largest absolute Gasteiger partial charge is 0.474 e. The number of sulfonamides is 3. The standard InChI is InChI=1S/C22H25FN8O3S.C21H22ClFN8O3S.C21H23FN8O3S/c1-12-5-4-6-15-16(12)21(34-14-7-9-31(10-8-14)35(3,32)33)28-18(27-15)13(2)26-20-17-19(25-11-24-17)29-22(23)30-20;1-11(26-19-16-18(25-10-24-16)29-21(23)30-19)17-27-14-5-3-4-13(22)15(14)20(28-17)34-12-6-8-31(9-7-12)35(2,32)33;1-12(25-19-16-18(24-11-23-16)28-21(22)29-19)17-26-15-6-4-3-5-14(15)20(27-17)33-13-7-9-30(10-8-13)34(2,31)32/h4-6,11,13-14H,7-10H2,1-3H3,(H2,24,25,26,29,30);3-5,10-12H,6-9H2,1-2H3,(H2,24,25,26,29,30);3-6,11-13H,7-10H2,1-2H3,(H2,23,24,25,28,29)/t13-;11-;12-/m000/s1. The molecule has 12 aromatic rings. The van der Waals surface area contributed by atoms with Gasteiger partial charge in [-0.05, 0) is 102 Å². The summed E-state index contributed by atoms with van der Waals surface area (Å²) in [6, 6.07) is 17.2. The van der Waals surface area contributed by atoms with Gasteiger partial charge in [0.05, 0.1) is 93.6 Å². The Kier molecular flexibility index (Phi) is 20.8. The van der Waals surface area contributed by atoms with Gasteiger partial charge in [0.25, 0.3) is 0 Å². The second kappa shape index (κ2) is 30.0. The number of aromatic amines is 3. The van der Waals surface area contributed by atoms with Crippen molar-refractivity contribution in [1.29, 1.82) is 0 Å². The maximum Gasteiger partial charge on any atom is 0.312 e. The second-order valence-electron chi connectivity index (χ2n) is 25.1. The maximum absolute atomic E-state index is 13.9. The predicted octanol–water partition coefficient (Wildman–Crippen LogP) is 8.20. The molecule has 546 valence electrons. The zero-order chi connectivity index (χ0) is 73.4. The van der Waals surface area contributed by atoms with Gasteiger partial charge < -0.3 is 45.1 Å². The molecule has 3 atom stereocenters. The average Bonchev–Trinajstić information content (AvgIpc) is 0.956. The van der Waals surface area contributed by atoms with E-state index in [-0.39, 0.29) is 52.7 Å². The number of ether oxygens (including phenoxy) is 3. The van der Waals surface area contributed by atoms with Crippen LogP contribution in [0.15, 0.2) is 79.6 Å². The third-order valence-corrected chi connectivity index (χ3v) is 21.8. The van der Waals surface area contributed by atoms with Gasteiger partial charge in [0.15, 0.2) is 51.9 Å². The van der Waals surface area contributed by atoms with Crippen LogP contribution in [0.25, 0.3) is 66.2 Å². The number of fused-ring (bicyclic) bond motifs is 6. The van der Waals surface area contributed by atoms with Crippen molar-refractivity contribution in [2.75, 3.05) is 74.0 Å². The highest BCUT2D eigenvalue weighted by atomic mass is 35.5. The number of hydrogen-bond donors (Lipinski definition) is 6. The average molecular weight is 1510 g/mol. The summed E-state index contributed by atoms with van der Waals surface area (Å²) in [5, 5.41) is 12.0. The molecule has 104 heavy (non-hydrogen) atoms. The molecule has 33 nitrogen and oxygen atoms in total. The molecule has 3 saturated heterocycles. The third-order valence-electron chi connectivity index (χ3n) is 17.6. The molecule has 0 spiro atoms. The molecule has 0 saturated carbocycles. The highest BCUT2D eigenvalue weighted by molar-refractivity contribution is 7.88. The lowest BCUT2D eigenvalue weighted by atomic mass is 10.1. The summed E-state index contributed by atoms with van der Waals surface area (Å²) in [5.74, 6) is 3.16. The molecule has 12 heterocycles. The van der Waals surface area contributed by atoms with E-state index in [1.165, 1.54) is 50.7 Å². The number of piperidine rings is 3. The molecular formula is C64H70ClF3N24O9S3. The van der Waals surface area contributed by atoms with Crippen molar-refractivity contribution in [2.24, 2.45) is 0 Å². The SMILES string of the molecule is C[C@H](Nc1nc(F)nc2nc[nH]c12)c1nc(OC2CCN(S(C)(=O)=O)CC2)c2c(Cl)cccc2n1.C[C@H](Nc1nc(F)nc2nc[nH]c12)c1nc(OC2CCN(S(C)(=O)=O)CC2)c2ccccc2n1.Cc1cccc2nc([C@H](C)Nc3nc(F)nc4nc[nH]c34)nc(OC3CCN(S(C)(=O)=O)CC3)c12. The van der Waals surface area contributed by atoms with Crippen molar-refractivity contribution in [2.45, 2.75) is 103 Å². The fourth-order valence-corrected chi connectivity index (χ4v) is 15.1. The Morgan fingerprint density at radius 3 is 1.18 bits per heavy atom. The number of imidazole rings is 3. The summed E-state index contributed by atoms with van der Waals surface area (Å²) in [5.41, 5.74) is 5.00. The van der Waals surface area contributed by atoms with Crippen molar-refractivity contribution in [3.8, 4) is 17.6 Å². The fourth-order valence-electron chi connectivity index (χ4n) is 12.2. The molecule has 0 radical (unpaired) electrons. The first kappa shape index (κ1) is 72.3. The maximum atomic E-state index is 13.9. The molecule has 15 rings (SSSR count). The molecule has 0 amide bonds. The first-order chi connectivity index (χ1) is 49.6. The molecule has 9 aromatic heterocycles. The quantitative estimate of drug-likeness (QED) is 0.0441. The molecule has 6 N–H and O–H groups in total. The van der Waals surface area contributed by atoms with Gasteiger partial charge in [0.1, 0.15) is 34.9 Å². The first-order valence-corrected chi connectivity index (χ1v) is 38.8. The number of rotatable bonds is 18. The first-order valence-electron chi connectivity index (χ1n) is 32.9. The Labute approximate surface area is 597 Å². The summed E-state index contributed by atoms with van der Waals surface area (Å²) >= 11 is 6.46. The van der Waals surface area contributed by atoms with Gasteiger partial charge in [-0.1, -0.05) is 41.9 Å². The van der Waals surface area contributed by atoms with Crippen LogP contribution in [0.4, 0.5) is 30.6 Å². The highest BCUT2D eigenvalue weighted by Gasteiger charge is 2.32. The van der Waals surface area contributed by atoms with Crippen molar-refractivity contribution in [1.82, 2.24) is 103 Å². The third kappa shape index (κ3) is 16.5. The van der Waals surface area contributed by atoms with Gasteiger partial charge in [-0.15, -0.1) is 0 Å². The number of benzene rings is 3. The molecule has 3 aliphatic rings. The van der Waals surface area contributed by atoms with Gasteiger partial charge in [0, 0.05) is 39.3 Å². The van der Waals surface area contributed by atoms with Gasteiger partial charge in [-0.2, -0.15) is 58.0 Å². The Hall–Kier alpha value is -10.1. The number of anilines is 3. The monoisotopic (exact) mass is 1510 g/mol. The summed E-state index contributed by atoms with van der Waals surface area (Å²) in [6.07, 6.45) is 7.89. The minimum Gasteiger partial charge on any atom is -0.474 e. The molecular weight excluding hydrogens is 1440 g/mol. The Morgan fingerprint density at radius 1 is 0.442 bits per heavy atom. The van der Waals surface area contributed by atoms with E-state index in [0.717, 1.165) is 16.3 Å². The lowest BCUT2D eigenvalue weighted by Gasteiger charge is -2.30. The Bertz CT molecular complexity index is 5310. The van der Waals surface area contributed by atoms with E-state index in [1.54, 1.807) is 18.2 Å².